The summed E-state index contributed by atoms with van der Waals surface area (Å²) in [4.78, 5) is 28.9. The summed E-state index contributed by atoms with van der Waals surface area (Å²) in [7, 11) is 1.82. The van der Waals surface area contributed by atoms with E-state index >= 15 is 0 Å². The summed E-state index contributed by atoms with van der Waals surface area (Å²) in [5, 5.41) is 5.09. The van der Waals surface area contributed by atoms with Crippen LogP contribution in [0.5, 0.6) is 0 Å². The van der Waals surface area contributed by atoms with E-state index in [1.165, 1.54) is 43.9 Å². The van der Waals surface area contributed by atoms with E-state index in [4.69, 9.17) is 0 Å². The second-order valence-corrected chi connectivity index (χ2v) is 9.38. The highest BCUT2D eigenvalue weighted by molar-refractivity contribution is 8.00. The van der Waals surface area contributed by atoms with E-state index in [0.29, 0.717) is 23.8 Å². The van der Waals surface area contributed by atoms with E-state index in [1.807, 2.05) is 48.8 Å². The van der Waals surface area contributed by atoms with Crippen molar-refractivity contribution >= 4 is 34.9 Å². The van der Waals surface area contributed by atoms with Gasteiger partial charge in [0.2, 0.25) is 5.91 Å². The van der Waals surface area contributed by atoms with Gasteiger partial charge in [0.15, 0.2) is 0 Å². The van der Waals surface area contributed by atoms with Gasteiger partial charge in [-0.15, -0.1) is 23.1 Å². The standard InChI is InChI=1S/C22H28N2O2S2/c1-24(15-18-10-7-13-27-18)22(26)19-11-5-6-12-20(19)28-16-21(25)23-14-17-8-3-2-4-9-17/h5-7,10-13,17H,2-4,8-9,14-16H2,1H3,(H,23,25). The summed E-state index contributed by atoms with van der Waals surface area (Å²) in [6, 6.07) is 11.6. The minimum absolute atomic E-state index is 0.0147. The molecule has 28 heavy (non-hydrogen) atoms. The smallest absolute Gasteiger partial charge is 0.255 e. The number of carbonyl (C=O) groups excluding carboxylic acids is 2. The first-order valence-corrected chi connectivity index (χ1v) is 11.8. The molecule has 1 aromatic heterocycles. The molecule has 0 atom stereocenters. The molecule has 0 unspecified atom stereocenters. The molecule has 1 aliphatic rings. The van der Waals surface area contributed by atoms with Crippen LogP contribution < -0.4 is 5.32 Å². The third-order valence-electron chi connectivity index (χ3n) is 5.11. The van der Waals surface area contributed by atoms with Crippen molar-refractivity contribution in [3.63, 3.8) is 0 Å². The monoisotopic (exact) mass is 416 g/mol. The third-order valence-corrected chi connectivity index (χ3v) is 7.04. The van der Waals surface area contributed by atoms with Crippen molar-refractivity contribution in [2.24, 2.45) is 5.92 Å². The number of thioether (sulfide) groups is 1. The van der Waals surface area contributed by atoms with E-state index in [2.05, 4.69) is 5.32 Å². The van der Waals surface area contributed by atoms with Gasteiger partial charge in [-0.2, -0.15) is 0 Å². The van der Waals surface area contributed by atoms with E-state index < -0.39 is 0 Å². The number of nitrogens with zero attached hydrogens (tertiary/aromatic N) is 1. The van der Waals surface area contributed by atoms with Crippen LogP contribution in [0.3, 0.4) is 0 Å². The average Bonchev–Trinajstić information content (AvgIpc) is 3.24. The van der Waals surface area contributed by atoms with Gasteiger partial charge in [-0.1, -0.05) is 37.5 Å². The Labute approximate surface area is 175 Å². The van der Waals surface area contributed by atoms with Gasteiger partial charge in [0.1, 0.15) is 0 Å². The summed E-state index contributed by atoms with van der Waals surface area (Å²) in [5.74, 6) is 0.998. The fraction of sp³-hybridized carbons (Fsp3) is 0.455. The Morgan fingerprint density at radius 2 is 1.93 bits per heavy atom. The van der Waals surface area contributed by atoms with Crippen LogP contribution in [0, 0.1) is 5.92 Å². The van der Waals surface area contributed by atoms with Crippen molar-refractivity contribution in [1.29, 1.82) is 0 Å². The molecule has 2 aromatic rings. The third kappa shape index (κ3) is 6.11. The molecule has 0 bridgehead atoms. The number of hydrogen-bond donors (Lipinski definition) is 1. The highest BCUT2D eigenvalue weighted by atomic mass is 32.2. The van der Waals surface area contributed by atoms with Crippen LogP contribution in [0.15, 0.2) is 46.7 Å². The van der Waals surface area contributed by atoms with Gasteiger partial charge in [-0.3, -0.25) is 9.59 Å². The number of carbonyl (C=O) groups is 2. The topological polar surface area (TPSA) is 49.4 Å². The van der Waals surface area contributed by atoms with Gasteiger partial charge in [0.05, 0.1) is 17.9 Å². The highest BCUT2D eigenvalue weighted by Crippen LogP contribution is 2.25. The lowest BCUT2D eigenvalue weighted by Gasteiger charge is -2.21. The number of nitrogens with one attached hydrogen (secondary N) is 1. The molecule has 1 heterocycles. The number of amides is 2. The van der Waals surface area contributed by atoms with Crippen molar-refractivity contribution in [2.45, 2.75) is 43.5 Å². The quantitative estimate of drug-likeness (QED) is 0.628. The molecule has 3 rings (SSSR count). The first-order valence-electron chi connectivity index (χ1n) is 9.90. The second-order valence-electron chi connectivity index (χ2n) is 7.33. The second kappa shape index (κ2) is 10.7. The average molecular weight is 417 g/mol. The van der Waals surface area contributed by atoms with E-state index in [9.17, 15) is 9.59 Å². The first kappa shape index (κ1) is 20.9. The molecule has 1 aliphatic carbocycles. The highest BCUT2D eigenvalue weighted by Gasteiger charge is 2.18. The molecule has 0 spiro atoms. The number of thiophene rings is 1. The maximum absolute atomic E-state index is 12.9. The van der Waals surface area contributed by atoms with Crippen LogP contribution in [0.4, 0.5) is 0 Å². The Kier molecular flexibility index (Phi) is 7.98. The van der Waals surface area contributed by atoms with Gasteiger partial charge in [0, 0.05) is 23.4 Å². The summed E-state index contributed by atoms with van der Waals surface area (Å²) < 4.78 is 0. The molecule has 1 fully saturated rings. The van der Waals surface area contributed by atoms with Crippen molar-refractivity contribution in [2.75, 3.05) is 19.3 Å². The van der Waals surface area contributed by atoms with Gasteiger partial charge < -0.3 is 10.2 Å². The van der Waals surface area contributed by atoms with Crippen LogP contribution in [0.2, 0.25) is 0 Å². The van der Waals surface area contributed by atoms with Crippen molar-refractivity contribution in [1.82, 2.24) is 10.2 Å². The van der Waals surface area contributed by atoms with Crippen LogP contribution >= 0.6 is 23.1 Å². The number of hydrogen-bond acceptors (Lipinski definition) is 4. The lowest BCUT2D eigenvalue weighted by molar-refractivity contribution is -0.118. The summed E-state index contributed by atoms with van der Waals surface area (Å²) in [5.41, 5.74) is 0.659. The maximum atomic E-state index is 12.9. The molecule has 4 nitrogen and oxygen atoms in total. The molecule has 150 valence electrons. The Bertz CT molecular complexity index is 771. The minimum atomic E-state index is -0.0147. The maximum Gasteiger partial charge on any atom is 0.255 e. The number of rotatable bonds is 8. The summed E-state index contributed by atoms with van der Waals surface area (Å²) in [6.45, 7) is 1.38. The van der Waals surface area contributed by atoms with Gasteiger partial charge >= 0.3 is 0 Å². The van der Waals surface area contributed by atoms with Crippen molar-refractivity contribution in [3.05, 3.63) is 52.2 Å². The SMILES string of the molecule is CN(Cc1cccs1)C(=O)c1ccccc1SCC(=O)NCC1CCCCC1. The molecular weight excluding hydrogens is 388 g/mol. The predicted molar refractivity (Wildman–Crippen MR) is 117 cm³/mol. The first-order chi connectivity index (χ1) is 13.6. The fourth-order valence-electron chi connectivity index (χ4n) is 3.53. The normalized spacial score (nSPS) is 14.6. The summed E-state index contributed by atoms with van der Waals surface area (Å²) >= 11 is 3.09. The van der Waals surface area contributed by atoms with Crippen molar-refractivity contribution < 1.29 is 9.59 Å². The lowest BCUT2D eigenvalue weighted by Crippen LogP contribution is -2.31. The molecule has 0 saturated heterocycles. The number of benzene rings is 1. The largest absolute Gasteiger partial charge is 0.355 e. The lowest BCUT2D eigenvalue weighted by atomic mass is 9.89. The molecule has 6 heteroatoms. The van der Waals surface area contributed by atoms with E-state index in [1.54, 1.807) is 16.2 Å². The molecule has 0 radical (unpaired) electrons. The molecular formula is C22H28N2O2S2. The van der Waals surface area contributed by atoms with Crippen LogP contribution in [-0.2, 0) is 11.3 Å². The van der Waals surface area contributed by atoms with Gasteiger partial charge in [-0.05, 0) is 42.3 Å². The van der Waals surface area contributed by atoms with Gasteiger partial charge in [0.25, 0.3) is 5.91 Å². The van der Waals surface area contributed by atoms with Crippen LogP contribution in [0.1, 0.15) is 47.3 Å². The molecule has 1 aromatic carbocycles. The zero-order valence-electron chi connectivity index (χ0n) is 16.4. The predicted octanol–water partition coefficient (Wildman–Crippen LogP) is 4.81. The van der Waals surface area contributed by atoms with E-state index in [-0.39, 0.29) is 11.8 Å². The molecule has 1 N–H and O–H groups in total. The Morgan fingerprint density at radius 3 is 2.68 bits per heavy atom. The Balaban J connectivity index is 1.52. The van der Waals surface area contributed by atoms with Crippen molar-refractivity contribution in [3.8, 4) is 0 Å². The zero-order chi connectivity index (χ0) is 19.8. The Hall–Kier alpha value is -1.79. The molecule has 2 amide bonds. The fourth-order valence-corrected chi connectivity index (χ4v) is 5.16. The van der Waals surface area contributed by atoms with E-state index in [0.717, 1.165) is 16.3 Å². The Morgan fingerprint density at radius 1 is 1.14 bits per heavy atom. The van der Waals surface area contributed by atoms with Gasteiger partial charge in [-0.25, -0.2) is 0 Å². The van der Waals surface area contributed by atoms with Crippen LogP contribution in [0.25, 0.3) is 0 Å². The zero-order valence-corrected chi connectivity index (χ0v) is 18.0. The molecule has 1 saturated carbocycles. The minimum Gasteiger partial charge on any atom is -0.355 e. The summed E-state index contributed by atoms with van der Waals surface area (Å²) in [6.07, 6.45) is 6.34. The molecule has 0 aliphatic heterocycles. The van der Waals surface area contributed by atoms with Crippen LogP contribution in [-0.4, -0.2) is 36.1 Å².